The van der Waals surface area contributed by atoms with E-state index in [0.717, 1.165) is 46.8 Å². The highest BCUT2D eigenvalue weighted by Crippen LogP contribution is 2.28. The molecule has 0 aliphatic rings. The van der Waals surface area contributed by atoms with Crippen molar-refractivity contribution in [3.05, 3.63) is 185 Å². The molecule has 4 N–H and O–H groups in total. The number of nitrogens with one attached hydrogen (secondary N) is 4. The molecular weight excluding hydrogens is 609 g/mol. The Kier molecular flexibility index (Phi) is 11.1. The van der Waals surface area contributed by atoms with Crippen molar-refractivity contribution in [1.82, 2.24) is 0 Å². The van der Waals surface area contributed by atoms with Crippen LogP contribution in [0.25, 0.3) is 11.1 Å². The van der Waals surface area contributed by atoms with E-state index >= 15 is 0 Å². The van der Waals surface area contributed by atoms with Crippen LogP contribution in [0.3, 0.4) is 0 Å². The van der Waals surface area contributed by atoms with Gasteiger partial charge in [-0.25, -0.2) is 0 Å². The number of benzene rings is 6. The Morgan fingerprint density at radius 1 is 0.540 bits per heavy atom. The van der Waals surface area contributed by atoms with Gasteiger partial charge in [0.15, 0.2) is 0 Å². The monoisotopic (exact) mass is 656 g/mol. The summed E-state index contributed by atoms with van der Waals surface area (Å²) in [6.07, 6.45) is 0.683. The standard InChI is InChI=1S/C46H48N4/c1-32-26-42(33(2)25-41(32)30-48-43-16-7-5-8-17-43)31-49-45-20-12-14-39(29-45)38-13-11-15-40(28-38)46(47)27-34(3)36-21-23-37(24-22-36)35(4)50-44-18-9-6-10-19-44/h5-26,28-29,34-35,47-50H,27,30-31H2,1-4H3. The molecule has 50 heavy (non-hydrogen) atoms. The van der Waals surface area contributed by atoms with Crippen molar-refractivity contribution in [3.8, 4) is 11.1 Å². The van der Waals surface area contributed by atoms with Gasteiger partial charge in [0.1, 0.15) is 0 Å². The zero-order valence-electron chi connectivity index (χ0n) is 29.6. The molecule has 0 heterocycles. The van der Waals surface area contributed by atoms with Gasteiger partial charge in [-0.3, -0.25) is 0 Å². The minimum absolute atomic E-state index is 0.212. The molecule has 0 radical (unpaired) electrons. The van der Waals surface area contributed by atoms with Crippen LogP contribution in [0.2, 0.25) is 0 Å². The lowest BCUT2D eigenvalue weighted by Gasteiger charge is -2.18. The Labute approximate surface area is 298 Å². The van der Waals surface area contributed by atoms with Gasteiger partial charge >= 0.3 is 0 Å². The predicted octanol–water partition coefficient (Wildman–Crippen LogP) is 11.9. The fourth-order valence-corrected chi connectivity index (χ4v) is 6.49. The minimum atomic E-state index is 0.212. The number of para-hydroxylation sites is 2. The topological polar surface area (TPSA) is 59.9 Å². The van der Waals surface area contributed by atoms with Crippen LogP contribution in [0.4, 0.5) is 17.1 Å². The molecule has 4 nitrogen and oxygen atoms in total. The van der Waals surface area contributed by atoms with Crippen molar-refractivity contribution in [3.63, 3.8) is 0 Å². The van der Waals surface area contributed by atoms with Gasteiger partial charge < -0.3 is 21.4 Å². The zero-order chi connectivity index (χ0) is 34.9. The summed E-state index contributed by atoms with van der Waals surface area (Å²) >= 11 is 0. The second kappa shape index (κ2) is 16.2. The fraction of sp³-hybridized carbons (Fsp3) is 0.196. The first-order valence-electron chi connectivity index (χ1n) is 17.6. The van der Waals surface area contributed by atoms with Gasteiger partial charge in [0, 0.05) is 41.9 Å². The van der Waals surface area contributed by atoms with Crippen molar-refractivity contribution in [2.24, 2.45) is 0 Å². The Bertz CT molecular complexity index is 2020. The molecule has 0 fully saturated rings. The van der Waals surface area contributed by atoms with Crippen LogP contribution in [-0.2, 0) is 13.1 Å². The second-order valence-electron chi connectivity index (χ2n) is 13.4. The van der Waals surface area contributed by atoms with Crippen molar-refractivity contribution < 1.29 is 0 Å². The summed E-state index contributed by atoms with van der Waals surface area (Å²) in [4.78, 5) is 0. The third-order valence-electron chi connectivity index (χ3n) is 9.61. The summed E-state index contributed by atoms with van der Waals surface area (Å²) in [5.41, 5.74) is 14.9. The lowest BCUT2D eigenvalue weighted by Crippen LogP contribution is -2.08. The predicted molar refractivity (Wildman–Crippen MR) is 214 cm³/mol. The first kappa shape index (κ1) is 34.3. The Morgan fingerprint density at radius 2 is 1.06 bits per heavy atom. The van der Waals surface area contributed by atoms with Gasteiger partial charge in [0.2, 0.25) is 0 Å². The van der Waals surface area contributed by atoms with Crippen LogP contribution < -0.4 is 16.0 Å². The summed E-state index contributed by atoms with van der Waals surface area (Å²) in [6.45, 7) is 10.4. The van der Waals surface area contributed by atoms with E-state index in [1.165, 1.54) is 33.4 Å². The van der Waals surface area contributed by atoms with Crippen LogP contribution in [0, 0.1) is 19.3 Å². The largest absolute Gasteiger partial charge is 0.381 e. The quantitative estimate of drug-likeness (QED) is 0.0883. The maximum Gasteiger partial charge on any atom is 0.0485 e. The van der Waals surface area contributed by atoms with Crippen molar-refractivity contribution >= 4 is 22.8 Å². The maximum atomic E-state index is 9.00. The summed E-state index contributed by atoms with van der Waals surface area (Å²) in [6, 6.07) is 51.4. The van der Waals surface area contributed by atoms with Crippen molar-refractivity contribution in [2.75, 3.05) is 16.0 Å². The smallest absolute Gasteiger partial charge is 0.0485 e. The average Bonchev–Trinajstić information content (AvgIpc) is 3.15. The number of hydrogen-bond donors (Lipinski definition) is 4. The molecule has 0 spiro atoms. The molecule has 6 aromatic rings. The molecule has 0 aromatic heterocycles. The van der Waals surface area contributed by atoms with Crippen molar-refractivity contribution in [1.29, 1.82) is 5.41 Å². The molecule has 0 aliphatic heterocycles. The van der Waals surface area contributed by atoms with Gasteiger partial charge in [-0.1, -0.05) is 110 Å². The van der Waals surface area contributed by atoms with E-state index in [0.29, 0.717) is 12.1 Å². The molecule has 0 bridgehead atoms. The summed E-state index contributed by atoms with van der Waals surface area (Å²) in [5.74, 6) is 0.242. The van der Waals surface area contributed by atoms with Crippen LogP contribution in [0.1, 0.15) is 71.2 Å². The SMILES string of the molecule is Cc1cc(CNc2cccc(-c3cccc(C(=N)CC(C)c4ccc(C(C)Nc5ccccc5)cc4)c3)c2)c(C)cc1CNc1ccccc1. The molecule has 6 rings (SSSR count). The van der Waals surface area contributed by atoms with Crippen molar-refractivity contribution in [2.45, 2.75) is 59.2 Å². The minimum Gasteiger partial charge on any atom is -0.381 e. The highest BCUT2D eigenvalue weighted by Gasteiger charge is 2.13. The molecule has 6 aromatic carbocycles. The lowest BCUT2D eigenvalue weighted by molar-refractivity contribution is 0.798. The zero-order valence-corrected chi connectivity index (χ0v) is 29.6. The second-order valence-corrected chi connectivity index (χ2v) is 13.4. The molecule has 0 aliphatic carbocycles. The fourth-order valence-electron chi connectivity index (χ4n) is 6.49. The Morgan fingerprint density at radius 3 is 1.70 bits per heavy atom. The maximum absolute atomic E-state index is 9.00. The Balaban J connectivity index is 1.06. The van der Waals surface area contributed by atoms with E-state index in [-0.39, 0.29) is 12.0 Å². The molecule has 252 valence electrons. The van der Waals surface area contributed by atoms with Gasteiger partial charge in [-0.2, -0.15) is 0 Å². The first-order chi connectivity index (χ1) is 24.3. The lowest BCUT2D eigenvalue weighted by atomic mass is 9.90. The third kappa shape index (κ3) is 8.89. The first-order valence-corrected chi connectivity index (χ1v) is 17.6. The number of anilines is 3. The molecule has 2 atom stereocenters. The molecule has 0 saturated heterocycles. The molecule has 2 unspecified atom stereocenters. The number of hydrogen-bond acceptors (Lipinski definition) is 4. The summed E-state index contributed by atoms with van der Waals surface area (Å²) in [7, 11) is 0. The number of aryl methyl sites for hydroxylation is 2. The Hall–Kier alpha value is -5.61. The van der Waals surface area contributed by atoms with Crippen LogP contribution in [-0.4, -0.2) is 5.71 Å². The summed E-state index contributed by atoms with van der Waals surface area (Å²) < 4.78 is 0. The molecule has 4 heteroatoms. The van der Waals surface area contributed by atoms with E-state index in [9.17, 15) is 0 Å². The van der Waals surface area contributed by atoms with E-state index in [1.807, 2.05) is 12.1 Å². The van der Waals surface area contributed by atoms with E-state index in [1.54, 1.807) is 0 Å². The highest BCUT2D eigenvalue weighted by molar-refractivity contribution is 5.99. The van der Waals surface area contributed by atoms with Gasteiger partial charge in [-0.15, -0.1) is 0 Å². The van der Waals surface area contributed by atoms with Crippen LogP contribution in [0.5, 0.6) is 0 Å². The van der Waals surface area contributed by atoms with Gasteiger partial charge in [0.05, 0.1) is 0 Å². The highest BCUT2D eigenvalue weighted by atomic mass is 14.9. The van der Waals surface area contributed by atoms with Crippen LogP contribution >= 0.6 is 0 Å². The van der Waals surface area contributed by atoms with E-state index in [4.69, 9.17) is 5.41 Å². The third-order valence-corrected chi connectivity index (χ3v) is 9.61. The molecule has 0 saturated carbocycles. The van der Waals surface area contributed by atoms with E-state index in [2.05, 4.69) is 177 Å². The normalized spacial score (nSPS) is 12.2. The number of rotatable bonds is 14. The van der Waals surface area contributed by atoms with Gasteiger partial charge in [0.25, 0.3) is 0 Å². The molecular formula is C46H48N4. The molecule has 0 amide bonds. The summed E-state index contributed by atoms with van der Waals surface area (Å²) in [5, 5.41) is 19.8. The van der Waals surface area contributed by atoms with Gasteiger partial charge in [-0.05, 0) is 126 Å². The van der Waals surface area contributed by atoms with Crippen LogP contribution in [0.15, 0.2) is 146 Å². The van der Waals surface area contributed by atoms with E-state index < -0.39 is 0 Å². The average molecular weight is 657 g/mol.